The van der Waals surface area contributed by atoms with Crippen LogP contribution in [0.15, 0.2) is 59.6 Å². The number of hydrogen-bond acceptors (Lipinski definition) is 6. The molecular weight excluding hydrogens is 430 g/mol. The number of nitrogens with two attached hydrogens (primary N) is 1. The second-order valence-corrected chi connectivity index (χ2v) is 9.62. The van der Waals surface area contributed by atoms with E-state index in [1.807, 2.05) is 25.1 Å². The number of nitrogens with zero attached hydrogens (tertiary/aromatic N) is 1. The van der Waals surface area contributed by atoms with Gasteiger partial charge in [-0.05, 0) is 66.8 Å². The second kappa shape index (κ2) is 7.32. The lowest BCUT2D eigenvalue weighted by Gasteiger charge is -2.16. The maximum Gasteiger partial charge on any atom is 0.238 e. The number of carbonyl (C=O) groups excluding carboxylic acids is 1. The first kappa shape index (κ1) is 20.5. The van der Waals surface area contributed by atoms with Crippen LogP contribution in [0.25, 0.3) is 11.1 Å². The van der Waals surface area contributed by atoms with Crippen molar-refractivity contribution in [3.05, 3.63) is 65.9 Å². The van der Waals surface area contributed by atoms with Crippen molar-refractivity contribution in [2.45, 2.75) is 30.1 Å². The first-order valence-electron chi connectivity index (χ1n) is 10.1. The summed E-state index contributed by atoms with van der Waals surface area (Å²) in [6, 6.07) is 13.7. The van der Waals surface area contributed by atoms with Gasteiger partial charge >= 0.3 is 0 Å². The van der Waals surface area contributed by atoms with Crippen LogP contribution >= 0.6 is 0 Å². The van der Waals surface area contributed by atoms with Crippen molar-refractivity contribution >= 4 is 21.7 Å². The highest BCUT2D eigenvalue weighted by atomic mass is 32.2. The molecule has 166 valence electrons. The molecule has 2 aliphatic rings. The van der Waals surface area contributed by atoms with Crippen molar-refractivity contribution in [2.24, 2.45) is 5.14 Å². The van der Waals surface area contributed by atoms with Crippen LogP contribution in [0.4, 0.5) is 5.82 Å². The van der Waals surface area contributed by atoms with Crippen LogP contribution in [-0.2, 0) is 20.2 Å². The molecule has 1 aliphatic heterocycles. The molecule has 2 heterocycles. The number of benzene rings is 2. The SMILES string of the molecule is Cc1cc(NC(=O)C2(c3ccc4c(c3)OCO4)CC2)ncc1-c1ccc(S(N)(=O)=O)cc1.[HH]. The molecule has 0 atom stereocenters. The van der Waals surface area contributed by atoms with Gasteiger partial charge in [0, 0.05) is 13.2 Å². The summed E-state index contributed by atoms with van der Waals surface area (Å²) in [6.45, 7) is 2.10. The van der Waals surface area contributed by atoms with E-state index in [-0.39, 0.29) is 19.0 Å². The summed E-state index contributed by atoms with van der Waals surface area (Å²) in [5, 5.41) is 8.10. The quantitative estimate of drug-likeness (QED) is 0.611. The summed E-state index contributed by atoms with van der Waals surface area (Å²) >= 11 is 0. The maximum atomic E-state index is 13.1. The molecule has 3 aromatic rings. The lowest BCUT2D eigenvalue weighted by Crippen LogP contribution is -2.28. The predicted molar refractivity (Wildman–Crippen MR) is 120 cm³/mol. The number of amides is 1. The molecule has 8 nitrogen and oxygen atoms in total. The topological polar surface area (TPSA) is 121 Å². The highest BCUT2D eigenvalue weighted by Gasteiger charge is 2.51. The minimum absolute atomic E-state index is 0. The molecule has 1 aromatic heterocycles. The third-order valence-corrected chi connectivity index (χ3v) is 6.89. The zero-order valence-corrected chi connectivity index (χ0v) is 18.1. The second-order valence-electron chi connectivity index (χ2n) is 8.06. The summed E-state index contributed by atoms with van der Waals surface area (Å²) in [6.07, 6.45) is 3.18. The average Bonchev–Trinajstić information content (AvgIpc) is 3.44. The summed E-state index contributed by atoms with van der Waals surface area (Å²) in [7, 11) is -3.74. The van der Waals surface area contributed by atoms with Crippen LogP contribution < -0.4 is 19.9 Å². The summed E-state index contributed by atoms with van der Waals surface area (Å²) in [5.41, 5.74) is 2.85. The summed E-state index contributed by atoms with van der Waals surface area (Å²) < 4.78 is 33.7. The highest BCUT2D eigenvalue weighted by molar-refractivity contribution is 7.89. The van der Waals surface area contributed by atoms with Gasteiger partial charge in [-0.3, -0.25) is 4.79 Å². The molecule has 0 radical (unpaired) electrons. The molecule has 1 saturated carbocycles. The van der Waals surface area contributed by atoms with Crippen molar-refractivity contribution in [1.29, 1.82) is 0 Å². The van der Waals surface area contributed by atoms with Gasteiger partial charge in [-0.15, -0.1) is 0 Å². The van der Waals surface area contributed by atoms with E-state index in [9.17, 15) is 13.2 Å². The Hall–Kier alpha value is -3.43. The van der Waals surface area contributed by atoms with E-state index in [4.69, 9.17) is 14.6 Å². The largest absolute Gasteiger partial charge is 0.454 e. The van der Waals surface area contributed by atoms with Crippen LogP contribution in [0.5, 0.6) is 11.5 Å². The van der Waals surface area contributed by atoms with Crippen LogP contribution in [-0.4, -0.2) is 26.1 Å². The Labute approximate surface area is 186 Å². The number of aromatic nitrogens is 1. The number of fused-ring (bicyclic) bond motifs is 1. The van der Waals surface area contributed by atoms with E-state index in [0.717, 1.165) is 35.1 Å². The van der Waals surface area contributed by atoms with Crippen LogP contribution in [0.3, 0.4) is 0 Å². The number of carbonyl (C=O) groups is 1. The molecule has 1 amide bonds. The van der Waals surface area contributed by atoms with Gasteiger partial charge < -0.3 is 14.8 Å². The Bertz CT molecular complexity index is 1340. The number of aryl methyl sites for hydroxylation is 1. The number of anilines is 1. The van der Waals surface area contributed by atoms with Crippen molar-refractivity contribution < 1.29 is 24.1 Å². The van der Waals surface area contributed by atoms with Gasteiger partial charge in [0.15, 0.2) is 11.5 Å². The predicted octanol–water partition coefficient (Wildman–Crippen LogP) is 3.35. The fraction of sp³-hybridized carbons (Fsp3) is 0.217. The van der Waals surface area contributed by atoms with Gasteiger partial charge in [0.25, 0.3) is 0 Å². The number of ether oxygens (including phenoxy) is 2. The number of rotatable bonds is 5. The highest BCUT2D eigenvalue weighted by Crippen LogP contribution is 2.51. The van der Waals surface area contributed by atoms with Gasteiger partial charge in [0.1, 0.15) is 5.82 Å². The zero-order chi connectivity index (χ0) is 22.5. The fourth-order valence-corrected chi connectivity index (χ4v) is 4.47. The number of sulfonamides is 1. The van der Waals surface area contributed by atoms with Gasteiger partial charge in [-0.25, -0.2) is 18.5 Å². The van der Waals surface area contributed by atoms with Crippen molar-refractivity contribution in [2.75, 3.05) is 12.1 Å². The molecule has 3 N–H and O–H groups in total. The monoisotopic (exact) mass is 453 g/mol. The molecule has 1 aliphatic carbocycles. The molecule has 0 unspecified atom stereocenters. The third kappa shape index (κ3) is 3.59. The van der Waals surface area contributed by atoms with E-state index in [2.05, 4.69) is 10.3 Å². The molecule has 5 rings (SSSR count). The Balaban J connectivity index is 0.00000259. The Morgan fingerprint density at radius 3 is 2.47 bits per heavy atom. The molecular formula is C23H23N3O5S. The standard InChI is InChI=1S/C23H21N3O5S.H2/c1-14-10-21(25-12-18(14)15-2-5-17(6-3-15)32(24,28)29)26-22(27)23(8-9-23)16-4-7-19-20(11-16)31-13-30-19;/h2-7,10-12H,8-9,13H2,1H3,(H2,24,28,29)(H,25,26,27);1H. The summed E-state index contributed by atoms with van der Waals surface area (Å²) in [4.78, 5) is 17.6. The minimum atomic E-state index is -3.74. The van der Waals surface area contributed by atoms with Crippen molar-refractivity contribution in [3.8, 4) is 22.6 Å². The average molecular weight is 454 g/mol. The number of primary sulfonamides is 1. The smallest absolute Gasteiger partial charge is 0.238 e. The normalized spacial score (nSPS) is 15.9. The Morgan fingerprint density at radius 1 is 1.09 bits per heavy atom. The first-order chi connectivity index (χ1) is 15.3. The first-order valence-corrected chi connectivity index (χ1v) is 11.6. The van der Waals surface area contributed by atoms with E-state index in [1.165, 1.54) is 12.1 Å². The lowest BCUT2D eigenvalue weighted by atomic mass is 9.94. The van der Waals surface area contributed by atoms with Crippen molar-refractivity contribution in [3.63, 3.8) is 0 Å². The molecule has 0 bridgehead atoms. The van der Waals surface area contributed by atoms with Gasteiger partial charge in [-0.2, -0.15) is 0 Å². The molecule has 1 fully saturated rings. The van der Waals surface area contributed by atoms with E-state index < -0.39 is 15.4 Å². The van der Waals surface area contributed by atoms with E-state index in [1.54, 1.807) is 24.4 Å². The minimum Gasteiger partial charge on any atom is -0.454 e. The molecule has 2 aromatic carbocycles. The molecule has 32 heavy (non-hydrogen) atoms. The Kier molecular flexibility index (Phi) is 4.68. The van der Waals surface area contributed by atoms with Crippen LogP contribution in [0, 0.1) is 6.92 Å². The fourth-order valence-electron chi connectivity index (χ4n) is 3.95. The molecule has 9 heteroatoms. The van der Waals surface area contributed by atoms with E-state index in [0.29, 0.717) is 17.3 Å². The third-order valence-electron chi connectivity index (χ3n) is 5.96. The maximum absolute atomic E-state index is 13.1. The van der Waals surface area contributed by atoms with Crippen molar-refractivity contribution in [1.82, 2.24) is 4.98 Å². The van der Waals surface area contributed by atoms with Gasteiger partial charge in [-0.1, -0.05) is 18.2 Å². The summed E-state index contributed by atoms with van der Waals surface area (Å²) in [5.74, 6) is 1.71. The van der Waals surface area contributed by atoms with E-state index >= 15 is 0 Å². The van der Waals surface area contributed by atoms with Crippen LogP contribution in [0.2, 0.25) is 0 Å². The zero-order valence-electron chi connectivity index (χ0n) is 17.3. The molecule has 0 saturated heterocycles. The number of nitrogens with one attached hydrogen (secondary N) is 1. The Morgan fingerprint density at radius 2 is 1.81 bits per heavy atom. The van der Waals surface area contributed by atoms with Crippen LogP contribution in [0.1, 0.15) is 25.4 Å². The number of pyridine rings is 1. The van der Waals surface area contributed by atoms with Gasteiger partial charge in [0.2, 0.25) is 22.7 Å². The lowest BCUT2D eigenvalue weighted by molar-refractivity contribution is -0.118. The number of hydrogen-bond donors (Lipinski definition) is 2. The van der Waals surface area contributed by atoms with Gasteiger partial charge in [0.05, 0.1) is 10.3 Å². The molecule has 0 spiro atoms.